The van der Waals surface area contributed by atoms with Gasteiger partial charge in [0.25, 0.3) is 0 Å². The fraction of sp³-hybridized carbons (Fsp3) is 0.375. The highest BCUT2D eigenvalue weighted by Crippen LogP contribution is 2.14. The van der Waals surface area contributed by atoms with Gasteiger partial charge in [0.05, 0.1) is 17.8 Å². The van der Waals surface area contributed by atoms with Crippen LogP contribution >= 0.6 is 15.9 Å². The van der Waals surface area contributed by atoms with Crippen LogP contribution in [0.5, 0.6) is 0 Å². The third kappa shape index (κ3) is 2.27. The lowest BCUT2D eigenvalue weighted by molar-refractivity contribution is 0.162. The number of nitrogens with zero attached hydrogens (tertiary/aromatic N) is 1. The summed E-state index contributed by atoms with van der Waals surface area (Å²) >= 11 is 3.27. The van der Waals surface area contributed by atoms with Crippen molar-refractivity contribution in [3.8, 4) is 0 Å². The van der Waals surface area contributed by atoms with Crippen LogP contribution in [0.25, 0.3) is 0 Å². The van der Waals surface area contributed by atoms with Crippen LogP contribution in [-0.4, -0.2) is 16.2 Å². The molecule has 0 spiro atoms. The second-order valence-electron chi connectivity index (χ2n) is 2.67. The van der Waals surface area contributed by atoms with Crippen LogP contribution in [0.4, 0.5) is 0 Å². The van der Waals surface area contributed by atoms with Crippen LogP contribution in [0.3, 0.4) is 0 Å². The minimum absolute atomic E-state index is 0.405. The van der Waals surface area contributed by atoms with Gasteiger partial charge >= 0.3 is 0 Å². The van der Waals surface area contributed by atoms with Gasteiger partial charge in [-0.05, 0) is 35.0 Å². The molecular formula is C8H11BrN2O. The average molecular weight is 231 g/mol. The van der Waals surface area contributed by atoms with Crippen LogP contribution in [0.2, 0.25) is 0 Å². The number of halogens is 1. The Balaban J connectivity index is 2.82. The number of hydrogen-bond acceptors (Lipinski definition) is 3. The van der Waals surface area contributed by atoms with Gasteiger partial charge in [0.15, 0.2) is 0 Å². The lowest BCUT2D eigenvalue weighted by atomic mass is 10.1. The van der Waals surface area contributed by atoms with Crippen LogP contribution in [0, 0.1) is 0 Å². The van der Waals surface area contributed by atoms with E-state index < -0.39 is 12.1 Å². The molecule has 1 heterocycles. The Morgan fingerprint density at radius 2 is 2.25 bits per heavy atom. The average Bonchev–Trinajstić information content (AvgIpc) is 2.04. The topological polar surface area (TPSA) is 59.1 Å². The molecule has 0 saturated carbocycles. The molecule has 0 saturated heterocycles. The van der Waals surface area contributed by atoms with E-state index in [-0.39, 0.29) is 0 Å². The highest BCUT2D eigenvalue weighted by Gasteiger charge is 2.12. The minimum Gasteiger partial charge on any atom is -0.391 e. The second kappa shape index (κ2) is 3.98. The predicted molar refractivity (Wildman–Crippen MR) is 50.5 cm³/mol. The zero-order valence-corrected chi connectivity index (χ0v) is 8.32. The Labute approximate surface area is 79.7 Å². The molecular weight excluding hydrogens is 220 g/mol. The van der Waals surface area contributed by atoms with Crippen molar-refractivity contribution in [3.63, 3.8) is 0 Å². The van der Waals surface area contributed by atoms with E-state index in [1.807, 2.05) is 6.07 Å². The summed E-state index contributed by atoms with van der Waals surface area (Å²) in [4.78, 5) is 4.07. The largest absolute Gasteiger partial charge is 0.391 e. The molecule has 0 aromatic carbocycles. The molecule has 1 aromatic heterocycles. The molecule has 1 rings (SSSR count). The van der Waals surface area contributed by atoms with Crippen LogP contribution in [0.1, 0.15) is 18.7 Å². The summed E-state index contributed by atoms with van der Waals surface area (Å²) in [6.45, 7) is 1.65. The lowest BCUT2D eigenvalue weighted by Gasteiger charge is -2.13. The van der Waals surface area contributed by atoms with Gasteiger partial charge < -0.3 is 10.8 Å². The normalized spacial score (nSPS) is 15.7. The Morgan fingerprint density at radius 1 is 1.58 bits per heavy atom. The first-order valence-corrected chi connectivity index (χ1v) is 4.45. The van der Waals surface area contributed by atoms with E-state index in [2.05, 4.69) is 20.9 Å². The predicted octanol–water partition coefficient (Wildman–Crippen LogP) is 1.22. The summed E-state index contributed by atoms with van der Waals surface area (Å²) in [5, 5.41) is 9.17. The van der Waals surface area contributed by atoms with E-state index in [9.17, 15) is 0 Å². The zero-order valence-electron chi connectivity index (χ0n) is 6.74. The summed E-state index contributed by atoms with van der Waals surface area (Å²) in [6, 6.07) is 3.24. The highest BCUT2D eigenvalue weighted by atomic mass is 79.9. The molecule has 2 unspecified atom stereocenters. The van der Waals surface area contributed by atoms with Crippen molar-refractivity contribution >= 4 is 15.9 Å². The first-order chi connectivity index (χ1) is 5.61. The molecule has 3 nitrogen and oxygen atoms in total. The quantitative estimate of drug-likeness (QED) is 0.804. The molecule has 0 fully saturated rings. The highest BCUT2D eigenvalue weighted by molar-refractivity contribution is 9.10. The van der Waals surface area contributed by atoms with Crippen molar-refractivity contribution in [2.45, 2.75) is 19.1 Å². The molecule has 2 atom stereocenters. The first-order valence-electron chi connectivity index (χ1n) is 3.66. The second-order valence-corrected chi connectivity index (χ2v) is 3.58. The number of aliphatic hydroxyl groups is 1. The fourth-order valence-corrected chi connectivity index (χ4v) is 1.07. The maximum absolute atomic E-state index is 9.17. The Kier molecular flexibility index (Phi) is 3.20. The van der Waals surface area contributed by atoms with Gasteiger partial charge in [0.1, 0.15) is 0 Å². The van der Waals surface area contributed by atoms with Gasteiger partial charge in [-0.15, -0.1) is 0 Å². The summed E-state index contributed by atoms with van der Waals surface area (Å²) in [7, 11) is 0. The summed E-state index contributed by atoms with van der Waals surface area (Å²) in [5.41, 5.74) is 6.36. The fourth-order valence-electron chi connectivity index (χ4n) is 0.832. The SMILES string of the molecule is CC(O)C(N)c1ccc(Br)cn1. The van der Waals surface area contributed by atoms with Crippen LogP contribution in [-0.2, 0) is 0 Å². The van der Waals surface area contributed by atoms with Crippen LogP contribution < -0.4 is 5.73 Å². The molecule has 1 aromatic rings. The summed E-state index contributed by atoms with van der Waals surface area (Å²) in [6.07, 6.45) is 1.09. The van der Waals surface area contributed by atoms with Gasteiger partial charge in [-0.1, -0.05) is 0 Å². The van der Waals surface area contributed by atoms with E-state index in [1.165, 1.54) is 0 Å². The number of pyridine rings is 1. The van der Waals surface area contributed by atoms with E-state index in [1.54, 1.807) is 19.2 Å². The maximum atomic E-state index is 9.17. The third-order valence-corrected chi connectivity index (χ3v) is 2.08. The zero-order chi connectivity index (χ0) is 9.14. The number of hydrogen-bond donors (Lipinski definition) is 2. The molecule has 4 heteroatoms. The van der Waals surface area contributed by atoms with E-state index in [0.29, 0.717) is 5.69 Å². The molecule has 0 bridgehead atoms. The molecule has 0 amide bonds. The molecule has 66 valence electrons. The molecule has 0 aliphatic rings. The van der Waals surface area contributed by atoms with Gasteiger partial charge in [-0.3, -0.25) is 4.98 Å². The number of nitrogens with two attached hydrogens (primary N) is 1. The van der Waals surface area contributed by atoms with E-state index in [0.717, 1.165) is 4.47 Å². The lowest BCUT2D eigenvalue weighted by Crippen LogP contribution is -2.23. The smallest absolute Gasteiger partial charge is 0.0730 e. The van der Waals surface area contributed by atoms with Crippen molar-refractivity contribution in [1.29, 1.82) is 0 Å². The van der Waals surface area contributed by atoms with Crippen molar-refractivity contribution < 1.29 is 5.11 Å². The molecule has 0 radical (unpaired) electrons. The molecule has 12 heavy (non-hydrogen) atoms. The number of aromatic nitrogens is 1. The molecule has 0 aliphatic carbocycles. The van der Waals surface area contributed by atoms with Gasteiger partial charge in [0, 0.05) is 10.7 Å². The summed E-state index contributed by atoms with van der Waals surface area (Å²) in [5.74, 6) is 0. The maximum Gasteiger partial charge on any atom is 0.0730 e. The van der Waals surface area contributed by atoms with Crippen molar-refractivity contribution in [1.82, 2.24) is 4.98 Å². The Morgan fingerprint density at radius 3 is 2.67 bits per heavy atom. The Bertz CT molecular complexity index is 248. The number of aliphatic hydroxyl groups excluding tert-OH is 1. The van der Waals surface area contributed by atoms with E-state index >= 15 is 0 Å². The van der Waals surface area contributed by atoms with Gasteiger partial charge in [0.2, 0.25) is 0 Å². The molecule has 3 N–H and O–H groups in total. The Hall–Kier alpha value is -0.450. The molecule has 0 aliphatic heterocycles. The van der Waals surface area contributed by atoms with E-state index in [4.69, 9.17) is 10.8 Å². The third-order valence-electron chi connectivity index (χ3n) is 1.61. The van der Waals surface area contributed by atoms with Crippen molar-refractivity contribution in [3.05, 3.63) is 28.5 Å². The number of rotatable bonds is 2. The van der Waals surface area contributed by atoms with Gasteiger partial charge in [-0.2, -0.15) is 0 Å². The first kappa shape index (κ1) is 9.64. The minimum atomic E-state index is -0.571. The van der Waals surface area contributed by atoms with Gasteiger partial charge in [-0.25, -0.2) is 0 Å². The summed E-state index contributed by atoms with van der Waals surface area (Å²) < 4.78 is 0.907. The monoisotopic (exact) mass is 230 g/mol. The van der Waals surface area contributed by atoms with Crippen molar-refractivity contribution in [2.75, 3.05) is 0 Å². The standard InChI is InChI=1S/C8H11BrN2O/c1-5(12)8(10)7-3-2-6(9)4-11-7/h2-5,8,12H,10H2,1H3. The van der Waals surface area contributed by atoms with Crippen molar-refractivity contribution in [2.24, 2.45) is 5.73 Å². The van der Waals surface area contributed by atoms with Crippen LogP contribution in [0.15, 0.2) is 22.8 Å².